The molecule has 97 heavy (non-hydrogen) atoms. The van der Waals surface area contributed by atoms with E-state index < -0.39 is 190 Å². The average molecular weight is 1380 g/mol. The van der Waals surface area contributed by atoms with E-state index in [4.69, 9.17) is 56.8 Å². The van der Waals surface area contributed by atoms with Crippen molar-refractivity contribution in [3.8, 4) is 11.5 Å². The molecular formula is C68H102O29. The van der Waals surface area contributed by atoms with E-state index in [1.165, 1.54) is 37.8 Å². The first-order valence-electron chi connectivity index (χ1n) is 34.0. The smallest absolute Gasteiger partial charge is 0.330 e. The van der Waals surface area contributed by atoms with Crippen LogP contribution in [0.3, 0.4) is 0 Å². The monoisotopic (exact) mass is 1380 g/mol. The van der Waals surface area contributed by atoms with Crippen molar-refractivity contribution in [2.45, 2.75) is 260 Å². The molecule has 29 nitrogen and oxygen atoms in total. The highest BCUT2D eigenvalue weighted by atomic mass is 16.8. The molecule has 0 spiro atoms. The van der Waals surface area contributed by atoms with Gasteiger partial charge in [0, 0.05) is 11.5 Å². The number of phenols is 1. The Morgan fingerprint density at radius 3 is 1.97 bits per heavy atom. The molecule has 1 aromatic rings. The van der Waals surface area contributed by atoms with Crippen LogP contribution in [-0.2, 0) is 61.7 Å². The molecule has 0 aromatic heterocycles. The van der Waals surface area contributed by atoms with E-state index in [9.17, 15) is 86.2 Å². The number of aliphatic carboxylic acids is 1. The van der Waals surface area contributed by atoms with Crippen LogP contribution < -0.4 is 4.74 Å². The molecule has 15 N–H and O–H groups in total. The predicted octanol–water partition coefficient (Wildman–Crippen LogP) is -0.389. The fraction of sp³-hybridized carbons (Fsp3) is 0.824. The number of fused-ring (bicyclic) bond motifs is 7. The zero-order valence-electron chi connectivity index (χ0n) is 56.1. The number of carboxylic acid groups (broad SMARTS) is 1. The molecule has 10 aliphatic rings. The molecule has 5 aliphatic heterocycles. The van der Waals surface area contributed by atoms with Gasteiger partial charge < -0.3 is 133 Å². The molecule has 1 aromatic carbocycles. The lowest BCUT2D eigenvalue weighted by Crippen LogP contribution is -2.67. The molecule has 4 saturated carbocycles. The molecule has 0 radical (unpaired) electrons. The third kappa shape index (κ3) is 13.4. The molecule has 0 amide bonds. The Balaban J connectivity index is 0.702. The second kappa shape index (κ2) is 28.5. The standard InChI is InChI=1S/C68H102O29/c1-30-44(74)55(96-57-50(80)47(77)39(28-89-57)92-58-52(82)49(79)54(37(25-69)91-58)95-59-51(81)48(78)46(76)38(93-59)27-87-43(73)14-10-31-9-12-36(86-8)34(71)23-31)53(83)60(90-30)97-56-45(75)35(72)26-88-61(56)94-42-16-17-64(4)40(65(42,5)29-70)15-18-67(7)41(64)13-11-32-33-24-63(2,3)19-21-68(33,62(84)85)22-20-66(32,67)6/h9-12,14,23,30,33,35,37-42,44-61,69-72,74-83H,13,15-22,24-29H2,1-8H3,(H,84,85)/b14-10+/t30-,33-,35-,37+,38+,39+,40+,41+,42-,44-,45+,46+,47+,48-,49+,50+,51+,52+,53+,54+,55+,56+,57-,58-,59-,60-,61-,64-,65-,66+,67+,68-/m0/s1. The number of ether oxygens (including phenoxy) is 12. The van der Waals surface area contributed by atoms with Crippen molar-refractivity contribution in [2.75, 3.05) is 40.1 Å². The van der Waals surface area contributed by atoms with E-state index in [-0.39, 0.29) is 64.1 Å². The van der Waals surface area contributed by atoms with Gasteiger partial charge in [-0.05, 0) is 134 Å². The molecule has 548 valence electrons. The van der Waals surface area contributed by atoms with Crippen LogP contribution in [0, 0.1) is 50.2 Å². The lowest BCUT2D eigenvalue weighted by Gasteiger charge is -2.71. The van der Waals surface area contributed by atoms with Gasteiger partial charge in [-0.15, -0.1) is 0 Å². The maximum Gasteiger partial charge on any atom is 0.330 e. The number of phenolic OH excluding ortho intramolecular Hbond substituents is 1. The van der Waals surface area contributed by atoms with Gasteiger partial charge in [-0.1, -0.05) is 59.3 Å². The molecular weight excluding hydrogens is 1280 g/mol. The molecule has 32 atom stereocenters. The summed E-state index contributed by atoms with van der Waals surface area (Å²) in [6.45, 7) is 12.2. The van der Waals surface area contributed by atoms with Gasteiger partial charge in [-0.2, -0.15) is 0 Å². The van der Waals surface area contributed by atoms with Gasteiger partial charge in [0.05, 0.1) is 51.2 Å². The molecule has 5 aliphatic carbocycles. The van der Waals surface area contributed by atoms with Crippen LogP contribution in [0.25, 0.3) is 6.08 Å². The van der Waals surface area contributed by atoms with Crippen molar-refractivity contribution >= 4 is 18.0 Å². The van der Waals surface area contributed by atoms with Gasteiger partial charge in [0.1, 0.15) is 110 Å². The number of aliphatic hydroxyl groups is 13. The number of carbonyl (C=O) groups excluding carboxylic acids is 1. The van der Waals surface area contributed by atoms with Crippen molar-refractivity contribution in [3.05, 3.63) is 41.5 Å². The van der Waals surface area contributed by atoms with E-state index in [2.05, 4.69) is 40.7 Å². The zero-order valence-corrected chi connectivity index (χ0v) is 56.1. The fourth-order valence-corrected chi connectivity index (χ4v) is 18.6. The Labute approximate surface area is 562 Å². The third-order valence-corrected chi connectivity index (χ3v) is 24.8. The minimum atomic E-state index is -2.06. The summed E-state index contributed by atoms with van der Waals surface area (Å²) in [7, 11) is 1.37. The second-order valence-electron chi connectivity index (χ2n) is 30.7. The molecule has 29 heteroatoms. The Morgan fingerprint density at radius 2 is 1.28 bits per heavy atom. The highest BCUT2D eigenvalue weighted by Gasteiger charge is 2.70. The third-order valence-electron chi connectivity index (χ3n) is 24.8. The number of hydrogen-bond acceptors (Lipinski definition) is 28. The summed E-state index contributed by atoms with van der Waals surface area (Å²) >= 11 is 0. The zero-order chi connectivity index (χ0) is 70.4. The number of aliphatic hydroxyl groups excluding tert-OH is 13. The number of hydrogen-bond donors (Lipinski definition) is 15. The quantitative estimate of drug-likeness (QED) is 0.0385. The molecule has 5 saturated heterocycles. The summed E-state index contributed by atoms with van der Waals surface area (Å²) in [4.78, 5) is 25.9. The highest BCUT2D eigenvalue weighted by molar-refractivity contribution is 5.87. The predicted molar refractivity (Wildman–Crippen MR) is 331 cm³/mol. The highest BCUT2D eigenvalue weighted by Crippen LogP contribution is 2.76. The summed E-state index contributed by atoms with van der Waals surface area (Å²) in [6, 6.07) is 4.34. The number of aromatic hydroxyl groups is 1. The average Bonchev–Trinajstić information content (AvgIpc) is 0.676. The van der Waals surface area contributed by atoms with Gasteiger partial charge in [0.15, 0.2) is 42.9 Å². The number of carbonyl (C=O) groups is 2. The number of allylic oxidation sites excluding steroid dienone is 2. The summed E-state index contributed by atoms with van der Waals surface area (Å²) < 4.78 is 70.2. The first-order chi connectivity index (χ1) is 45.7. The SMILES string of the molecule is COc1ccc(/C=C/C(=O)OC[C@H]2O[C@@H](O[C@H]3[C@H](O)[C@@H](O)[C@H](O[C@@H]4CO[C@@H](O[C@@H]5[C@@H](O)[C@H](C)O[C@@H](O[C@H]6[C@H](O[C@H]7CC[C@@]8(C)[C@@H](CC[C@]9(C)[C@@H]8CC=C8[C@@H]%10CC(C)(C)CC[C@]%10(C(=O)O)CC[C@]89C)[C@]7(C)CO)OC[C@H](O)[C@H]6O)[C@@H]5O)[C@H](O)[C@@H]4O)O[C@@H]3CO)[C@H](O)[C@@H](O)[C@@H]2O)cc1O. The maximum atomic E-state index is 13.3. The van der Waals surface area contributed by atoms with Crippen molar-refractivity contribution in [3.63, 3.8) is 0 Å². The van der Waals surface area contributed by atoms with E-state index in [0.29, 0.717) is 31.2 Å². The Morgan fingerprint density at radius 1 is 0.629 bits per heavy atom. The topological polar surface area (TPSA) is 448 Å². The first-order valence-corrected chi connectivity index (χ1v) is 34.0. The Hall–Kier alpha value is -3.68. The number of rotatable bonds is 18. The van der Waals surface area contributed by atoms with Crippen LogP contribution in [-0.4, -0.2) is 276 Å². The van der Waals surface area contributed by atoms with Crippen LogP contribution in [0.5, 0.6) is 11.5 Å². The number of esters is 1. The summed E-state index contributed by atoms with van der Waals surface area (Å²) in [5.41, 5.74) is -0.593. The normalized spacial score (nSPS) is 49.1. The second-order valence-corrected chi connectivity index (χ2v) is 30.7. The Kier molecular flexibility index (Phi) is 21.9. The van der Waals surface area contributed by atoms with Gasteiger partial charge in [-0.3, -0.25) is 4.79 Å². The maximum absolute atomic E-state index is 13.3. The van der Waals surface area contributed by atoms with Crippen LogP contribution in [0.2, 0.25) is 0 Å². The fourth-order valence-electron chi connectivity index (χ4n) is 18.6. The van der Waals surface area contributed by atoms with Crippen LogP contribution in [0.15, 0.2) is 35.9 Å². The number of benzene rings is 1. The van der Waals surface area contributed by atoms with E-state index in [1.807, 2.05) is 6.92 Å². The van der Waals surface area contributed by atoms with Crippen LogP contribution in [0.4, 0.5) is 0 Å². The molecule has 5 heterocycles. The lowest BCUT2D eigenvalue weighted by molar-refractivity contribution is -0.386. The first kappa shape index (κ1) is 74.5. The van der Waals surface area contributed by atoms with E-state index in [1.54, 1.807) is 6.07 Å². The number of methoxy groups -OCH3 is 1. The van der Waals surface area contributed by atoms with Crippen molar-refractivity contribution in [1.29, 1.82) is 0 Å². The van der Waals surface area contributed by atoms with Gasteiger partial charge in [0.25, 0.3) is 0 Å². The lowest BCUT2D eigenvalue weighted by atomic mass is 9.33. The van der Waals surface area contributed by atoms with Gasteiger partial charge in [0.2, 0.25) is 0 Å². The Bertz CT molecular complexity index is 2990. The molecule has 9 fully saturated rings. The summed E-state index contributed by atoms with van der Waals surface area (Å²) in [6.07, 6.45) is -28.8. The number of carboxylic acids is 1. The van der Waals surface area contributed by atoms with Crippen molar-refractivity contribution in [2.24, 2.45) is 50.2 Å². The minimum absolute atomic E-state index is 0.0163. The van der Waals surface area contributed by atoms with E-state index >= 15 is 0 Å². The summed E-state index contributed by atoms with van der Waals surface area (Å²) in [5.74, 6) is -1.52. The molecule has 0 bridgehead atoms. The van der Waals surface area contributed by atoms with Gasteiger partial charge in [-0.25, -0.2) is 4.79 Å². The van der Waals surface area contributed by atoms with Crippen LogP contribution in [0.1, 0.15) is 118 Å². The largest absolute Gasteiger partial charge is 0.504 e. The van der Waals surface area contributed by atoms with Gasteiger partial charge >= 0.3 is 11.9 Å². The molecule has 11 rings (SSSR count). The summed E-state index contributed by atoms with van der Waals surface area (Å²) in [5, 5.41) is 167. The van der Waals surface area contributed by atoms with Crippen LogP contribution >= 0.6 is 0 Å². The van der Waals surface area contributed by atoms with Crippen molar-refractivity contribution < 1.29 is 143 Å². The van der Waals surface area contributed by atoms with Crippen molar-refractivity contribution in [1.82, 2.24) is 0 Å². The van der Waals surface area contributed by atoms with E-state index in [0.717, 1.165) is 44.6 Å². The molecule has 0 unspecified atom stereocenters. The minimum Gasteiger partial charge on any atom is -0.504 e.